The Kier molecular flexibility index (Phi) is 6.93. The second-order valence-electron chi connectivity index (χ2n) is 8.22. The van der Waals surface area contributed by atoms with E-state index in [2.05, 4.69) is 75.7 Å². The molecule has 29 heavy (non-hydrogen) atoms. The molecule has 3 N–H and O–H groups in total. The standard InChI is InChI=1S/C24H32N4O/c29-24(13-7-10-19-8-3-1-4-9-19)25-21-14-16-28(17-15-21)23-18-22(26-27-23)20-11-5-2-6-12-20/h1-6,8-9,11-12,21-23,26-27H,7,10,13-18H2,(H,25,29). The first-order chi connectivity index (χ1) is 14.3. The average molecular weight is 393 g/mol. The topological polar surface area (TPSA) is 56.4 Å². The number of hydrazine groups is 1. The first kappa shape index (κ1) is 20.1. The number of nitrogens with zero attached hydrogens (tertiary/aromatic N) is 1. The van der Waals surface area contributed by atoms with E-state index < -0.39 is 0 Å². The van der Waals surface area contributed by atoms with Crippen molar-refractivity contribution in [2.75, 3.05) is 13.1 Å². The van der Waals surface area contributed by atoms with Gasteiger partial charge in [-0.2, -0.15) is 0 Å². The molecule has 2 fully saturated rings. The number of hydrogen-bond acceptors (Lipinski definition) is 4. The highest BCUT2D eigenvalue weighted by Gasteiger charge is 2.32. The summed E-state index contributed by atoms with van der Waals surface area (Å²) in [6.45, 7) is 2.05. The van der Waals surface area contributed by atoms with Crippen LogP contribution in [0.3, 0.4) is 0 Å². The number of piperidine rings is 1. The fourth-order valence-electron chi connectivity index (χ4n) is 4.44. The highest BCUT2D eigenvalue weighted by molar-refractivity contribution is 5.76. The number of amides is 1. The van der Waals surface area contributed by atoms with Gasteiger partial charge >= 0.3 is 0 Å². The third-order valence-electron chi connectivity index (χ3n) is 6.13. The van der Waals surface area contributed by atoms with E-state index >= 15 is 0 Å². The normalized spacial score (nSPS) is 23.2. The summed E-state index contributed by atoms with van der Waals surface area (Å²) in [4.78, 5) is 14.8. The Morgan fingerprint density at radius 2 is 1.66 bits per heavy atom. The quantitative estimate of drug-likeness (QED) is 0.678. The molecular formula is C24H32N4O. The van der Waals surface area contributed by atoms with E-state index in [4.69, 9.17) is 0 Å². The second kappa shape index (κ2) is 10.0. The van der Waals surface area contributed by atoms with Crippen molar-refractivity contribution in [2.45, 2.75) is 56.8 Å². The van der Waals surface area contributed by atoms with Gasteiger partial charge < -0.3 is 5.32 Å². The molecule has 0 aliphatic carbocycles. The van der Waals surface area contributed by atoms with E-state index in [0.29, 0.717) is 24.7 Å². The molecule has 2 aromatic carbocycles. The van der Waals surface area contributed by atoms with Crippen molar-refractivity contribution in [3.63, 3.8) is 0 Å². The van der Waals surface area contributed by atoms with Crippen LogP contribution in [0.15, 0.2) is 60.7 Å². The molecule has 0 saturated carbocycles. The van der Waals surface area contributed by atoms with Crippen molar-refractivity contribution in [3.05, 3.63) is 71.8 Å². The van der Waals surface area contributed by atoms with Crippen LogP contribution in [-0.4, -0.2) is 36.1 Å². The van der Waals surface area contributed by atoms with Gasteiger partial charge in [0.2, 0.25) is 5.91 Å². The van der Waals surface area contributed by atoms with Crippen molar-refractivity contribution < 1.29 is 4.79 Å². The maximum absolute atomic E-state index is 12.3. The highest BCUT2D eigenvalue weighted by atomic mass is 16.1. The van der Waals surface area contributed by atoms with Gasteiger partial charge in [0.1, 0.15) is 0 Å². The maximum atomic E-state index is 12.3. The van der Waals surface area contributed by atoms with Crippen LogP contribution < -0.4 is 16.2 Å². The predicted octanol–water partition coefficient (Wildman–Crippen LogP) is 3.16. The summed E-state index contributed by atoms with van der Waals surface area (Å²) in [7, 11) is 0. The summed E-state index contributed by atoms with van der Waals surface area (Å²) in [6, 6.07) is 21.7. The van der Waals surface area contributed by atoms with Gasteiger partial charge in [0.25, 0.3) is 0 Å². The van der Waals surface area contributed by atoms with E-state index in [9.17, 15) is 4.79 Å². The van der Waals surface area contributed by atoms with Gasteiger partial charge in [-0.15, -0.1) is 0 Å². The zero-order chi connectivity index (χ0) is 19.9. The summed E-state index contributed by atoms with van der Waals surface area (Å²) < 4.78 is 0. The number of carbonyl (C=O) groups excluding carboxylic acids is 1. The van der Waals surface area contributed by atoms with Gasteiger partial charge in [-0.25, -0.2) is 10.9 Å². The Labute approximate surface area is 173 Å². The number of hydrogen-bond donors (Lipinski definition) is 3. The minimum absolute atomic E-state index is 0.198. The van der Waals surface area contributed by atoms with Crippen LogP contribution in [0.1, 0.15) is 49.3 Å². The lowest BCUT2D eigenvalue weighted by atomic mass is 10.0. The first-order valence-electron chi connectivity index (χ1n) is 10.9. The number of carbonyl (C=O) groups is 1. The number of aryl methyl sites for hydroxylation is 1. The van der Waals surface area contributed by atoms with Gasteiger partial charge in [0, 0.05) is 31.6 Å². The molecule has 2 atom stereocenters. The van der Waals surface area contributed by atoms with E-state index in [-0.39, 0.29) is 5.91 Å². The molecule has 1 amide bonds. The summed E-state index contributed by atoms with van der Waals surface area (Å²) in [5.74, 6) is 0.198. The van der Waals surface area contributed by atoms with Crippen LogP contribution in [0.25, 0.3) is 0 Å². The van der Waals surface area contributed by atoms with Gasteiger partial charge in [-0.3, -0.25) is 9.69 Å². The van der Waals surface area contributed by atoms with Crippen molar-refractivity contribution in [1.82, 2.24) is 21.1 Å². The van der Waals surface area contributed by atoms with Crippen LogP contribution in [-0.2, 0) is 11.2 Å². The Hall–Kier alpha value is -2.21. The average Bonchev–Trinajstić information content (AvgIpc) is 3.26. The molecule has 2 heterocycles. The Bertz CT molecular complexity index is 759. The van der Waals surface area contributed by atoms with E-state index in [0.717, 1.165) is 45.2 Å². The number of likely N-dealkylation sites (tertiary alicyclic amines) is 1. The van der Waals surface area contributed by atoms with E-state index in [1.807, 2.05) is 6.07 Å². The molecule has 154 valence electrons. The highest BCUT2D eigenvalue weighted by Crippen LogP contribution is 2.25. The fourth-order valence-corrected chi connectivity index (χ4v) is 4.44. The minimum atomic E-state index is 0.198. The molecular weight excluding hydrogens is 360 g/mol. The van der Waals surface area contributed by atoms with Crippen molar-refractivity contribution in [2.24, 2.45) is 0 Å². The fraction of sp³-hybridized carbons (Fsp3) is 0.458. The summed E-state index contributed by atoms with van der Waals surface area (Å²) in [6.07, 6.45) is 5.98. The SMILES string of the molecule is O=C(CCCc1ccccc1)NC1CCN(C2CC(c3ccccc3)NN2)CC1. The largest absolute Gasteiger partial charge is 0.353 e. The van der Waals surface area contributed by atoms with Gasteiger partial charge in [-0.05, 0) is 43.2 Å². The molecule has 0 aromatic heterocycles. The molecule has 2 saturated heterocycles. The molecule has 2 aromatic rings. The smallest absolute Gasteiger partial charge is 0.220 e. The van der Waals surface area contributed by atoms with E-state index in [1.165, 1.54) is 11.1 Å². The summed E-state index contributed by atoms with van der Waals surface area (Å²) in [5, 5.41) is 3.25. The Morgan fingerprint density at radius 1 is 0.966 bits per heavy atom. The molecule has 2 aliphatic heterocycles. The first-order valence-corrected chi connectivity index (χ1v) is 10.9. The van der Waals surface area contributed by atoms with Crippen molar-refractivity contribution in [1.29, 1.82) is 0 Å². The van der Waals surface area contributed by atoms with Gasteiger partial charge in [-0.1, -0.05) is 60.7 Å². The lowest BCUT2D eigenvalue weighted by Crippen LogP contribution is -2.51. The number of benzene rings is 2. The third-order valence-corrected chi connectivity index (χ3v) is 6.13. The number of nitrogens with one attached hydrogen (secondary N) is 3. The van der Waals surface area contributed by atoms with Crippen molar-refractivity contribution in [3.8, 4) is 0 Å². The van der Waals surface area contributed by atoms with Crippen LogP contribution in [0.4, 0.5) is 0 Å². The van der Waals surface area contributed by atoms with Crippen LogP contribution in [0.2, 0.25) is 0 Å². The molecule has 0 radical (unpaired) electrons. The molecule has 0 spiro atoms. The molecule has 0 bridgehead atoms. The predicted molar refractivity (Wildman–Crippen MR) is 116 cm³/mol. The maximum Gasteiger partial charge on any atom is 0.220 e. The third kappa shape index (κ3) is 5.66. The van der Waals surface area contributed by atoms with Gasteiger partial charge in [0.05, 0.1) is 6.17 Å². The Balaban J connectivity index is 1.15. The molecule has 2 aliphatic rings. The second-order valence-corrected chi connectivity index (χ2v) is 8.22. The van der Waals surface area contributed by atoms with Crippen LogP contribution >= 0.6 is 0 Å². The number of rotatable bonds is 7. The van der Waals surface area contributed by atoms with Crippen LogP contribution in [0, 0.1) is 0 Å². The van der Waals surface area contributed by atoms with Crippen molar-refractivity contribution >= 4 is 5.91 Å². The zero-order valence-electron chi connectivity index (χ0n) is 17.0. The molecule has 5 nitrogen and oxygen atoms in total. The molecule has 2 unspecified atom stereocenters. The zero-order valence-corrected chi connectivity index (χ0v) is 17.0. The molecule has 4 rings (SSSR count). The monoisotopic (exact) mass is 392 g/mol. The summed E-state index contributed by atoms with van der Waals surface area (Å²) >= 11 is 0. The minimum Gasteiger partial charge on any atom is -0.353 e. The Morgan fingerprint density at radius 3 is 2.38 bits per heavy atom. The van der Waals surface area contributed by atoms with Crippen LogP contribution in [0.5, 0.6) is 0 Å². The summed E-state index contributed by atoms with van der Waals surface area (Å²) in [5.41, 5.74) is 9.54. The van der Waals surface area contributed by atoms with Gasteiger partial charge in [0.15, 0.2) is 0 Å². The lowest BCUT2D eigenvalue weighted by molar-refractivity contribution is -0.122. The van der Waals surface area contributed by atoms with E-state index in [1.54, 1.807) is 0 Å². The molecule has 5 heteroatoms. The lowest BCUT2D eigenvalue weighted by Gasteiger charge is -2.35.